The van der Waals surface area contributed by atoms with Crippen LogP contribution in [0.2, 0.25) is 22.2 Å². The first-order valence-electron chi connectivity index (χ1n) is 12.4. The Bertz CT molecular complexity index is 1120. The zero-order valence-electron chi connectivity index (χ0n) is 21.8. The molecule has 0 amide bonds. The first-order chi connectivity index (χ1) is 16.3. The van der Waals surface area contributed by atoms with E-state index in [-0.39, 0.29) is 51.4 Å². The highest BCUT2D eigenvalue weighted by Crippen LogP contribution is 2.48. The fourth-order valence-electron chi connectivity index (χ4n) is 5.52. The van der Waals surface area contributed by atoms with E-state index in [9.17, 15) is 4.79 Å². The van der Waals surface area contributed by atoms with Crippen molar-refractivity contribution in [1.29, 1.82) is 0 Å². The predicted octanol–water partition coefficient (Wildman–Crippen LogP) is 4.71. The van der Waals surface area contributed by atoms with Gasteiger partial charge in [-0.05, 0) is 38.1 Å². The Morgan fingerprint density at radius 2 is 1.60 bits per heavy atom. The number of halogens is 1. The van der Waals surface area contributed by atoms with E-state index < -0.39 is 23.3 Å². The van der Waals surface area contributed by atoms with E-state index in [1.165, 1.54) is 0 Å². The van der Waals surface area contributed by atoms with Crippen LogP contribution >= 0.6 is 15.9 Å². The molecule has 0 saturated carbocycles. The maximum Gasteiger partial charge on any atom is 0.335 e. The Kier molecular flexibility index (Phi) is 7.43. The Balaban J connectivity index is 1.77. The molecule has 0 bridgehead atoms. The van der Waals surface area contributed by atoms with Gasteiger partial charge in [0.1, 0.15) is 12.3 Å². The van der Waals surface area contributed by atoms with Gasteiger partial charge >= 0.3 is 17.1 Å². The Morgan fingerprint density at radius 1 is 1.00 bits per heavy atom. The molecule has 4 rings (SSSR count). The minimum Gasteiger partial charge on any atom is -0.414 e. The van der Waals surface area contributed by atoms with Gasteiger partial charge in [-0.2, -0.15) is 4.98 Å². The molecule has 2 aliphatic rings. The van der Waals surface area contributed by atoms with Crippen molar-refractivity contribution < 1.29 is 17.7 Å². The van der Waals surface area contributed by atoms with Gasteiger partial charge in [0.2, 0.25) is 5.95 Å². The van der Waals surface area contributed by atoms with E-state index in [0.717, 1.165) is 0 Å². The van der Waals surface area contributed by atoms with Gasteiger partial charge in [0.25, 0.3) is 5.56 Å². The zero-order chi connectivity index (χ0) is 25.9. The van der Waals surface area contributed by atoms with Crippen LogP contribution in [0.3, 0.4) is 0 Å². The number of aromatic amines is 1. The number of hydrogen-bond acceptors (Lipinski definition) is 8. The molecule has 0 aliphatic carbocycles. The number of nitrogens with one attached hydrogen (secondary N) is 1. The number of imidazole rings is 1. The first-order valence-corrected chi connectivity index (χ1v) is 17.2. The van der Waals surface area contributed by atoms with E-state index in [1.54, 1.807) is 4.57 Å². The fraction of sp³-hybridized carbons (Fsp3) is 0.773. The number of aromatic nitrogens is 4. The summed E-state index contributed by atoms with van der Waals surface area (Å²) in [5.41, 5.74) is 7.00. The summed E-state index contributed by atoms with van der Waals surface area (Å²) in [5.74, 6) is 0.0313. The van der Waals surface area contributed by atoms with E-state index in [2.05, 4.69) is 86.3 Å². The summed E-state index contributed by atoms with van der Waals surface area (Å²) in [7, 11) is -5.38. The second kappa shape index (κ2) is 9.65. The SMILES string of the molecule is CC(C)[Si]1(C(C)C)OC[C@H]2O[C@@H](n3c(Br)nc4c(=O)[nH]c(N)nc43)C[C@H]2O[Si](C(C)C)(C(C)C)O1. The summed E-state index contributed by atoms with van der Waals surface area (Å²) in [6.07, 6.45) is -0.380. The zero-order valence-corrected chi connectivity index (χ0v) is 25.4. The highest BCUT2D eigenvalue weighted by Gasteiger charge is 2.60. The third-order valence-electron chi connectivity index (χ3n) is 7.34. The molecule has 0 radical (unpaired) electrons. The van der Waals surface area contributed by atoms with E-state index in [4.69, 9.17) is 23.4 Å². The molecular weight excluding hydrogens is 550 g/mol. The van der Waals surface area contributed by atoms with Crippen LogP contribution in [-0.2, 0) is 17.7 Å². The third kappa shape index (κ3) is 4.46. The fourth-order valence-corrected chi connectivity index (χ4v) is 17.3. The lowest BCUT2D eigenvalue weighted by Crippen LogP contribution is -2.65. The standard InChI is InChI=1S/C22H38BrN5O5Si2/c1-11(2)34(12(3)4)30-10-16-15(32-35(33-34,13(5)6)14(7)8)9-17(31-16)28-19-18(25-21(28)23)20(29)27-22(24)26-19/h11-17H,9-10H2,1-8H3,(H3,24,26,27,29)/t15-,16-,17-/m1/s1. The van der Waals surface area contributed by atoms with Crippen LogP contribution in [0.1, 0.15) is 68.0 Å². The highest BCUT2D eigenvalue weighted by atomic mass is 79.9. The van der Waals surface area contributed by atoms with Crippen molar-refractivity contribution in [3.8, 4) is 0 Å². The molecular formula is C22H38BrN5O5Si2. The second-order valence-electron chi connectivity index (χ2n) is 10.9. The normalized spacial score (nSPS) is 26.6. The lowest BCUT2D eigenvalue weighted by atomic mass is 10.2. The Labute approximate surface area is 216 Å². The van der Waals surface area contributed by atoms with Gasteiger partial charge in [0, 0.05) is 6.42 Å². The van der Waals surface area contributed by atoms with Crippen LogP contribution in [0.5, 0.6) is 0 Å². The van der Waals surface area contributed by atoms with Crippen LogP contribution in [0, 0.1) is 0 Å². The largest absolute Gasteiger partial charge is 0.414 e. The molecule has 0 spiro atoms. The van der Waals surface area contributed by atoms with Crippen molar-refractivity contribution in [2.75, 3.05) is 12.3 Å². The van der Waals surface area contributed by atoms with Crippen LogP contribution in [0.4, 0.5) is 5.95 Å². The molecule has 3 N–H and O–H groups in total. The summed E-state index contributed by atoms with van der Waals surface area (Å²) in [4.78, 5) is 23.6. The lowest BCUT2D eigenvalue weighted by Gasteiger charge is -2.51. The van der Waals surface area contributed by atoms with Crippen molar-refractivity contribution in [3.05, 3.63) is 15.1 Å². The van der Waals surface area contributed by atoms with Crippen LogP contribution in [0.15, 0.2) is 9.53 Å². The van der Waals surface area contributed by atoms with E-state index in [0.29, 0.717) is 23.4 Å². The molecule has 2 fully saturated rings. The first kappa shape index (κ1) is 27.0. The Morgan fingerprint density at radius 3 is 2.17 bits per heavy atom. The molecule has 2 aliphatic heterocycles. The smallest absolute Gasteiger partial charge is 0.335 e. The maximum absolute atomic E-state index is 12.4. The molecule has 13 heteroatoms. The second-order valence-corrected chi connectivity index (χ2v) is 20.4. The number of fused-ring (bicyclic) bond motifs is 2. The molecule has 0 unspecified atom stereocenters. The van der Waals surface area contributed by atoms with Gasteiger partial charge in [0.15, 0.2) is 15.9 Å². The molecule has 196 valence electrons. The molecule has 3 atom stereocenters. The minimum absolute atomic E-state index is 0.0313. The Hall–Kier alpha value is -1.10. The van der Waals surface area contributed by atoms with Crippen molar-refractivity contribution in [3.63, 3.8) is 0 Å². The van der Waals surface area contributed by atoms with Crippen molar-refractivity contribution >= 4 is 50.2 Å². The number of nitrogen functional groups attached to an aromatic ring is 1. The number of rotatable bonds is 5. The van der Waals surface area contributed by atoms with Gasteiger partial charge in [0.05, 0.1) is 12.7 Å². The number of anilines is 1. The van der Waals surface area contributed by atoms with Crippen molar-refractivity contribution in [1.82, 2.24) is 19.5 Å². The number of nitrogens with zero attached hydrogens (tertiary/aromatic N) is 3. The summed E-state index contributed by atoms with van der Waals surface area (Å²) >= 11 is 3.49. The van der Waals surface area contributed by atoms with Gasteiger partial charge in [-0.25, -0.2) is 4.98 Å². The number of hydrogen-bond donors (Lipinski definition) is 2. The summed E-state index contributed by atoms with van der Waals surface area (Å²) in [6, 6.07) is 0. The maximum atomic E-state index is 12.4. The van der Waals surface area contributed by atoms with E-state index in [1.807, 2.05) is 0 Å². The summed E-state index contributed by atoms with van der Waals surface area (Å²) < 4.78 is 29.9. The third-order valence-corrected chi connectivity index (χ3v) is 18.2. The molecule has 2 saturated heterocycles. The average Bonchev–Trinajstić information content (AvgIpc) is 3.26. The van der Waals surface area contributed by atoms with Gasteiger partial charge < -0.3 is 23.4 Å². The van der Waals surface area contributed by atoms with Gasteiger partial charge in [-0.1, -0.05) is 55.4 Å². The summed E-state index contributed by atoms with van der Waals surface area (Å²) in [5, 5.41) is 0. The lowest BCUT2D eigenvalue weighted by molar-refractivity contribution is -0.0550. The van der Waals surface area contributed by atoms with Crippen LogP contribution in [-0.4, -0.2) is 55.5 Å². The summed E-state index contributed by atoms with van der Waals surface area (Å²) in [6.45, 7) is 18.0. The predicted molar refractivity (Wildman–Crippen MR) is 143 cm³/mol. The number of ether oxygens (including phenoxy) is 1. The molecule has 35 heavy (non-hydrogen) atoms. The number of nitrogens with two attached hydrogens (primary N) is 1. The monoisotopic (exact) mass is 587 g/mol. The van der Waals surface area contributed by atoms with Crippen LogP contribution in [0.25, 0.3) is 11.2 Å². The molecule has 0 aromatic carbocycles. The highest BCUT2D eigenvalue weighted by molar-refractivity contribution is 9.10. The van der Waals surface area contributed by atoms with Crippen molar-refractivity contribution in [2.24, 2.45) is 0 Å². The van der Waals surface area contributed by atoms with Crippen molar-refractivity contribution in [2.45, 2.75) is 102 Å². The van der Waals surface area contributed by atoms with Crippen LogP contribution < -0.4 is 11.3 Å². The minimum atomic E-state index is -2.74. The molecule has 2 aromatic rings. The molecule has 2 aromatic heterocycles. The topological polar surface area (TPSA) is 127 Å². The molecule has 4 heterocycles. The van der Waals surface area contributed by atoms with Gasteiger partial charge in [-0.3, -0.25) is 14.3 Å². The van der Waals surface area contributed by atoms with Gasteiger partial charge in [-0.15, -0.1) is 0 Å². The average molecular weight is 589 g/mol. The number of H-pyrrole nitrogens is 1. The van der Waals surface area contributed by atoms with E-state index >= 15 is 0 Å². The quantitative estimate of drug-likeness (QED) is 0.380. The molecule has 10 nitrogen and oxygen atoms in total.